The van der Waals surface area contributed by atoms with Crippen LogP contribution in [0.25, 0.3) is 0 Å². The van der Waals surface area contributed by atoms with Gasteiger partial charge >= 0.3 is 0 Å². The first-order valence-electron chi connectivity index (χ1n) is 11.3. The van der Waals surface area contributed by atoms with E-state index in [4.69, 9.17) is 9.73 Å². The molecule has 0 spiro atoms. The molecule has 6 heteroatoms. The molecule has 1 aromatic rings. The highest BCUT2D eigenvalue weighted by Crippen LogP contribution is 2.20. The molecule has 1 aliphatic heterocycles. The van der Waals surface area contributed by atoms with Gasteiger partial charge in [0.05, 0.1) is 12.6 Å². The lowest BCUT2D eigenvalue weighted by molar-refractivity contribution is 0.0574. The number of hydrogen-bond donors (Lipinski definition) is 2. The Bertz CT molecular complexity index is 581. The van der Waals surface area contributed by atoms with Gasteiger partial charge in [0, 0.05) is 26.2 Å². The fourth-order valence-corrected chi connectivity index (χ4v) is 4.05. The average Bonchev–Trinajstić information content (AvgIpc) is 3.41. The molecule has 1 saturated heterocycles. The Kier molecular flexibility index (Phi) is 12.0. The van der Waals surface area contributed by atoms with Crippen molar-refractivity contribution < 1.29 is 4.74 Å². The van der Waals surface area contributed by atoms with Crippen molar-refractivity contribution in [1.82, 2.24) is 15.5 Å². The lowest BCUT2D eigenvalue weighted by Crippen LogP contribution is -2.38. The molecule has 0 atom stereocenters. The first kappa shape index (κ1) is 24.4. The number of aliphatic imine (C=N–C) groups is 1. The Balaban J connectivity index is 0.00000300. The highest BCUT2D eigenvalue weighted by molar-refractivity contribution is 14.0. The summed E-state index contributed by atoms with van der Waals surface area (Å²) in [5.74, 6) is 0.893. The number of ether oxygens (including phenoxy) is 1. The fraction of sp³-hybridized carbons (Fsp3) is 0.696. The van der Waals surface area contributed by atoms with Gasteiger partial charge in [0.25, 0.3) is 0 Å². The summed E-state index contributed by atoms with van der Waals surface area (Å²) in [4.78, 5) is 7.27. The third-order valence-electron chi connectivity index (χ3n) is 5.66. The van der Waals surface area contributed by atoms with Gasteiger partial charge in [-0.2, -0.15) is 0 Å². The molecule has 1 heterocycles. The summed E-state index contributed by atoms with van der Waals surface area (Å²) in [7, 11) is 0. The summed E-state index contributed by atoms with van der Waals surface area (Å²) >= 11 is 0. The van der Waals surface area contributed by atoms with Crippen LogP contribution in [-0.2, 0) is 17.8 Å². The van der Waals surface area contributed by atoms with E-state index in [0.29, 0.717) is 12.6 Å². The molecule has 0 bridgehead atoms. The lowest BCUT2D eigenvalue weighted by Gasteiger charge is -2.15. The molecular formula is C23H39IN4O. The maximum Gasteiger partial charge on any atom is 0.191 e. The van der Waals surface area contributed by atoms with E-state index < -0.39 is 0 Å². The van der Waals surface area contributed by atoms with Gasteiger partial charge in [0.15, 0.2) is 5.96 Å². The van der Waals surface area contributed by atoms with Crippen molar-refractivity contribution >= 4 is 29.9 Å². The number of rotatable bonds is 10. The molecule has 2 fully saturated rings. The maximum absolute atomic E-state index is 5.93. The largest absolute Gasteiger partial charge is 0.378 e. The molecule has 164 valence electrons. The summed E-state index contributed by atoms with van der Waals surface area (Å²) < 4.78 is 5.93. The number of likely N-dealkylation sites (tertiary alicyclic amines) is 1. The van der Waals surface area contributed by atoms with Crippen molar-refractivity contribution in [3.05, 3.63) is 35.4 Å². The van der Waals surface area contributed by atoms with Crippen LogP contribution in [0.15, 0.2) is 29.3 Å². The Morgan fingerprint density at radius 1 is 1.03 bits per heavy atom. The monoisotopic (exact) mass is 514 g/mol. The molecule has 0 unspecified atom stereocenters. The van der Waals surface area contributed by atoms with Gasteiger partial charge in [0.1, 0.15) is 0 Å². The topological polar surface area (TPSA) is 48.9 Å². The zero-order valence-electron chi connectivity index (χ0n) is 18.0. The van der Waals surface area contributed by atoms with Gasteiger partial charge in [-0.25, -0.2) is 4.99 Å². The van der Waals surface area contributed by atoms with E-state index >= 15 is 0 Å². The van der Waals surface area contributed by atoms with Crippen LogP contribution in [0.5, 0.6) is 0 Å². The van der Waals surface area contributed by atoms with Gasteiger partial charge in [-0.1, -0.05) is 37.1 Å². The molecular weight excluding hydrogens is 475 g/mol. The van der Waals surface area contributed by atoms with Crippen LogP contribution in [0, 0.1) is 0 Å². The predicted octanol–water partition coefficient (Wildman–Crippen LogP) is 4.30. The summed E-state index contributed by atoms with van der Waals surface area (Å²) in [6.07, 6.45) is 9.38. The number of guanidine groups is 1. The predicted molar refractivity (Wildman–Crippen MR) is 132 cm³/mol. The van der Waals surface area contributed by atoms with Crippen molar-refractivity contribution in [2.75, 3.05) is 32.8 Å². The standard InChI is InChI=1S/C23H38N4O.HI/c1-2-24-23(25-14-7-17-28-22-8-3-4-9-22)26-18-20-10-12-21(13-11-20)19-27-15-5-6-16-27;/h10-13,22H,2-9,14-19H2,1H3,(H2,24,25,26);1H. The second-order valence-electron chi connectivity index (χ2n) is 8.05. The number of benzene rings is 1. The molecule has 1 saturated carbocycles. The van der Waals surface area contributed by atoms with Crippen molar-refractivity contribution in [2.45, 2.75) is 71.1 Å². The molecule has 1 aromatic carbocycles. The van der Waals surface area contributed by atoms with Crippen molar-refractivity contribution in [1.29, 1.82) is 0 Å². The van der Waals surface area contributed by atoms with Crippen LogP contribution < -0.4 is 10.6 Å². The van der Waals surface area contributed by atoms with Gasteiger partial charge in [-0.05, 0) is 63.2 Å². The Morgan fingerprint density at radius 3 is 2.41 bits per heavy atom. The summed E-state index contributed by atoms with van der Waals surface area (Å²) in [6, 6.07) is 8.94. The van der Waals surface area contributed by atoms with Crippen molar-refractivity contribution in [2.24, 2.45) is 4.99 Å². The van der Waals surface area contributed by atoms with E-state index in [2.05, 4.69) is 46.7 Å². The minimum Gasteiger partial charge on any atom is -0.378 e. The molecule has 0 amide bonds. The van der Waals surface area contributed by atoms with Crippen molar-refractivity contribution in [3.63, 3.8) is 0 Å². The SMILES string of the molecule is CCNC(=NCc1ccc(CN2CCCC2)cc1)NCCCOC1CCCC1.I. The first-order chi connectivity index (χ1) is 13.8. The normalized spacial score (nSPS) is 18.0. The zero-order chi connectivity index (χ0) is 19.4. The van der Waals surface area contributed by atoms with E-state index in [1.807, 2.05) is 0 Å². The summed E-state index contributed by atoms with van der Waals surface area (Å²) in [6.45, 7) is 9.00. The third kappa shape index (κ3) is 9.22. The molecule has 29 heavy (non-hydrogen) atoms. The van der Waals surface area contributed by atoms with Crippen LogP contribution in [0.1, 0.15) is 63.0 Å². The highest BCUT2D eigenvalue weighted by atomic mass is 127. The molecule has 2 N–H and O–H groups in total. The Labute approximate surface area is 194 Å². The van der Waals surface area contributed by atoms with E-state index in [0.717, 1.165) is 38.6 Å². The Morgan fingerprint density at radius 2 is 1.72 bits per heavy atom. The van der Waals surface area contributed by atoms with E-state index in [9.17, 15) is 0 Å². The lowest BCUT2D eigenvalue weighted by atomic mass is 10.1. The first-order valence-corrected chi connectivity index (χ1v) is 11.3. The maximum atomic E-state index is 5.93. The third-order valence-corrected chi connectivity index (χ3v) is 5.66. The van der Waals surface area contributed by atoms with Crippen LogP contribution >= 0.6 is 24.0 Å². The van der Waals surface area contributed by atoms with Gasteiger partial charge in [-0.15, -0.1) is 24.0 Å². The van der Waals surface area contributed by atoms with Crippen LogP contribution in [0.3, 0.4) is 0 Å². The van der Waals surface area contributed by atoms with E-state index in [1.54, 1.807) is 0 Å². The minimum atomic E-state index is 0. The zero-order valence-corrected chi connectivity index (χ0v) is 20.3. The molecule has 0 radical (unpaired) electrons. The smallest absolute Gasteiger partial charge is 0.191 e. The summed E-state index contributed by atoms with van der Waals surface area (Å²) in [5.41, 5.74) is 2.66. The van der Waals surface area contributed by atoms with Crippen LogP contribution in [0.2, 0.25) is 0 Å². The number of hydrogen-bond acceptors (Lipinski definition) is 3. The van der Waals surface area contributed by atoms with Crippen LogP contribution in [-0.4, -0.2) is 49.7 Å². The van der Waals surface area contributed by atoms with Gasteiger partial charge in [0.2, 0.25) is 0 Å². The number of halogens is 1. The molecule has 0 aromatic heterocycles. The van der Waals surface area contributed by atoms with Crippen molar-refractivity contribution in [3.8, 4) is 0 Å². The second-order valence-corrected chi connectivity index (χ2v) is 8.05. The second kappa shape index (κ2) is 14.2. The molecule has 5 nitrogen and oxygen atoms in total. The summed E-state index contributed by atoms with van der Waals surface area (Å²) in [5, 5.41) is 6.76. The quantitative estimate of drug-likeness (QED) is 0.212. The molecule has 2 aliphatic rings. The van der Waals surface area contributed by atoms with Gasteiger partial charge < -0.3 is 15.4 Å². The fourth-order valence-electron chi connectivity index (χ4n) is 4.05. The number of nitrogens with one attached hydrogen (secondary N) is 2. The average molecular weight is 514 g/mol. The highest BCUT2D eigenvalue weighted by Gasteiger charge is 2.14. The minimum absolute atomic E-state index is 0. The Hall–Kier alpha value is -0.860. The van der Waals surface area contributed by atoms with E-state index in [-0.39, 0.29) is 24.0 Å². The number of nitrogens with zero attached hydrogens (tertiary/aromatic N) is 2. The molecule has 3 rings (SSSR count). The molecule has 1 aliphatic carbocycles. The van der Waals surface area contributed by atoms with Gasteiger partial charge in [-0.3, -0.25) is 4.90 Å². The van der Waals surface area contributed by atoms with Crippen LogP contribution in [0.4, 0.5) is 0 Å². The van der Waals surface area contributed by atoms with E-state index in [1.165, 1.54) is 62.7 Å².